The molecule has 0 aliphatic rings. The van der Waals surface area contributed by atoms with E-state index >= 15 is 0 Å². The van der Waals surface area contributed by atoms with E-state index < -0.39 is 5.97 Å². The zero-order valence-electron chi connectivity index (χ0n) is 31.2. The Morgan fingerprint density at radius 2 is 0.625 bits per heavy atom. The standard InChI is InChI=1S/C47H48O7.2CH4/c1-52-33-54-47(51)26-24-45(49)32-43-21-17-41(18-22-43)30-39-13-9-37(10-14-39)28-35-5-3-34(4-6-35)27-36-7-11-38(12-8-36)29-40-15-19-42(20-16-40)31-44(48)23-25-46(50)53-2;;/h3-22H,23-33H2,1-2H3;2*1H4. The molecule has 294 valence electrons. The molecule has 7 nitrogen and oxygen atoms in total. The third-order valence-electron chi connectivity index (χ3n) is 9.33. The van der Waals surface area contributed by atoms with Crippen molar-refractivity contribution in [2.24, 2.45) is 0 Å². The molecule has 0 N–H and O–H groups in total. The third-order valence-corrected chi connectivity index (χ3v) is 9.33. The molecule has 0 bridgehead atoms. The molecule has 0 amide bonds. The molecule has 0 saturated carbocycles. The first-order valence-electron chi connectivity index (χ1n) is 18.4. The van der Waals surface area contributed by atoms with Crippen LogP contribution in [0.15, 0.2) is 121 Å². The minimum absolute atomic E-state index is 0. The molecule has 0 heterocycles. The number of ketones is 2. The fourth-order valence-electron chi connectivity index (χ4n) is 6.23. The average molecular weight is 757 g/mol. The van der Waals surface area contributed by atoms with Gasteiger partial charge >= 0.3 is 11.9 Å². The molecule has 5 aromatic carbocycles. The summed E-state index contributed by atoms with van der Waals surface area (Å²) >= 11 is 0. The lowest BCUT2D eigenvalue weighted by atomic mass is 9.97. The Kier molecular flexibility index (Phi) is 18.6. The second kappa shape index (κ2) is 23.3. The highest BCUT2D eigenvalue weighted by Gasteiger charge is 2.11. The summed E-state index contributed by atoms with van der Waals surface area (Å²) in [6.07, 6.45) is 4.55. The second-order valence-corrected chi connectivity index (χ2v) is 13.7. The van der Waals surface area contributed by atoms with Crippen molar-refractivity contribution in [1.82, 2.24) is 0 Å². The molecular formula is C49H56O7. The van der Waals surface area contributed by atoms with Gasteiger partial charge in [-0.25, -0.2) is 0 Å². The molecule has 0 aromatic heterocycles. The van der Waals surface area contributed by atoms with Gasteiger partial charge < -0.3 is 14.2 Å². The number of Topliss-reactive ketones (excluding diaryl/α,β-unsaturated/α-hetero) is 2. The SMILES string of the molecule is C.C.COCOC(=O)CCC(=O)Cc1ccc(Cc2ccc(Cc3ccc(Cc4ccc(Cc5ccc(CC(=O)CCC(=O)OC)cc5)cc4)cc3)cc2)cc1. The summed E-state index contributed by atoms with van der Waals surface area (Å²) in [4.78, 5) is 47.3. The number of ether oxygens (including phenoxy) is 3. The van der Waals surface area contributed by atoms with E-state index in [1.165, 1.54) is 58.7 Å². The van der Waals surface area contributed by atoms with Gasteiger partial charge in [-0.15, -0.1) is 0 Å². The van der Waals surface area contributed by atoms with Crippen molar-refractivity contribution in [2.45, 2.75) is 79.1 Å². The molecular weight excluding hydrogens is 701 g/mol. The average Bonchev–Trinajstić information content (AvgIpc) is 3.19. The fraction of sp³-hybridized carbons (Fsp3) is 0.306. The van der Waals surface area contributed by atoms with Crippen LogP contribution in [0.2, 0.25) is 0 Å². The van der Waals surface area contributed by atoms with Gasteiger partial charge in [0.15, 0.2) is 6.79 Å². The number of carbonyl (C=O) groups excluding carboxylic acids is 4. The number of benzene rings is 5. The lowest BCUT2D eigenvalue weighted by molar-refractivity contribution is -0.154. The van der Waals surface area contributed by atoms with Crippen LogP contribution in [0.1, 0.15) is 96.2 Å². The predicted octanol–water partition coefficient (Wildman–Crippen LogP) is 9.43. The lowest BCUT2D eigenvalue weighted by Gasteiger charge is -2.08. The normalized spacial score (nSPS) is 10.5. The van der Waals surface area contributed by atoms with Crippen LogP contribution < -0.4 is 0 Å². The van der Waals surface area contributed by atoms with E-state index in [9.17, 15) is 19.2 Å². The quantitative estimate of drug-likeness (QED) is 0.0577. The molecule has 7 heteroatoms. The van der Waals surface area contributed by atoms with Crippen LogP contribution in [0.3, 0.4) is 0 Å². The number of methoxy groups -OCH3 is 2. The van der Waals surface area contributed by atoms with Crippen LogP contribution >= 0.6 is 0 Å². The molecule has 0 spiro atoms. The van der Waals surface area contributed by atoms with Crippen LogP contribution in [-0.4, -0.2) is 44.5 Å². The van der Waals surface area contributed by atoms with Crippen molar-refractivity contribution in [1.29, 1.82) is 0 Å². The predicted molar refractivity (Wildman–Crippen MR) is 223 cm³/mol. The summed E-state index contributed by atoms with van der Waals surface area (Å²) in [6.45, 7) is -0.0958. The Balaban J connectivity index is 0.00000420. The Bertz CT molecular complexity index is 1960. The highest BCUT2D eigenvalue weighted by molar-refractivity contribution is 5.85. The molecule has 56 heavy (non-hydrogen) atoms. The highest BCUT2D eigenvalue weighted by Crippen LogP contribution is 2.19. The van der Waals surface area contributed by atoms with Crippen LogP contribution in [0, 0.1) is 0 Å². The maximum atomic E-state index is 12.3. The maximum absolute atomic E-state index is 12.3. The number of carbonyl (C=O) groups is 4. The maximum Gasteiger partial charge on any atom is 0.308 e. The minimum atomic E-state index is -0.430. The van der Waals surface area contributed by atoms with Gasteiger partial charge in [0.05, 0.1) is 20.0 Å². The van der Waals surface area contributed by atoms with Crippen LogP contribution in [-0.2, 0) is 71.9 Å². The number of rotatable bonds is 20. The number of hydrogen-bond acceptors (Lipinski definition) is 7. The Labute approximate surface area is 333 Å². The van der Waals surface area contributed by atoms with Gasteiger partial charge in [0.1, 0.15) is 11.6 Å². The van der Waals surface area contributed by atoms with E-state index in [-0.39, 0.29) is 64.9 Å². The van der Waals surface area contributed by atoms with E-state index in [2.05, 4.69) is 102 Å². The van der Waals surface area contributed by atoms with Crippen molar-refractivity contribution in [3.8, 4) is 0 Å². The van der Waals surface area contributed by atoms with Crippen molar-refractivity contribution < 1.29 is 33.4 Å². The first-order chi connectivity index (χ1) is 26.2. The van der Waals surface area contributed by atoms with E-state index in [1.807, 2.05) is 24.3 Å². The fourth-order valence-corrected chi connectivity index (χ4v) is 6.23. The molecule has 0 aliphatic carbocycles. The smallest absolute Gasteiger partial charge is 0.308 e. The van der Waals surface area contributed by atoms with Gasteiger partial charge in [-0.2, -0.15) is 0 Å². The number of hydrogen-bond donors (Lipinski definition) is 0. The van der Waals surface area contributed by atoms with Crippen molar-refractivity contribution in [2.75, 3.05) is 21.0 Å². The van der Waals surface area contributed by atoms with Gasteiger partial charge in [0.2, 0.25) is 0 Å². The zero-order valence-corrected chi connectivity index (χ0v) is 31.2. The number of esters is 2. The Hall–Kier alpha value is -5.66. The van der Waals surface area contributed by atoms with E-state index in [4.69, 9.17) is 9.47 Å². The van der Waals surface area contributed by atoms with Crippen LogP contribution in [0.5, 0.6) is 0 Å². The minimum Gasteiger partial charge on any atom is -0.469 e. The topological polar surface area (TPSA) is 96.0 Å². The summed E-state index contributed by atoms with van der Waals surface area (Å²) < 4.78 is 14.1. The lowest BCUT2D eigenvalue weighted by Crippen LogP contribution is -2.10. The Morgan fingerprint density at radius 3 is 0.875 bits per heavy atom. The summed E-state index contributed by atoms with van der Waals surface area (Å²) in [5.41, 5.74) is 11.8. The first kappa shape index (κ1) is 44.7. The van der Waals surface area contributed by atoms with E-state index in [1.54, 1.807) is 0 Å². The summed E-state index contributed by atoms with van der Waals surface area (Å²) in [7, 11) is 2.78. The molecule has 0 aliphatic heterocycles. The monoisotopic (exact) mass is 756 g/mol. The highest BCUT2D eigenvalue weighted by atomic mass is 16.7. The second-order valence-electron chi connectivity index (χ2n) is 13.7. The first-order valence-corrected chi connectivity index (χ1v) is 18.4. The van der Waals surface area contributed by atoms with Gasteiger partial charge in [0, 0.05) is 32.8 Å². The van der Waals surface area contributed by atoms with Gasteiger partial charge in [0.25, 0.3) is 0 Å². The van der Waals surface area contributed by atoms with Crippen molar-refractivity contribution >= 4 is 23.5 Å². The zero-order chi connectivity index (χ0) is 38.1. The molecule has 0 saturated heterocycles. The largest absolute Gasteiger partial charge is 0.469 e. The molecule has 0 fully saturated rings. The van der Waals surface area contributed by atoms with Crippen LogP contribution in [0.4, 0.5) is 0 Å². The summed E-state index contributed by atoms with van der Waals surface area (Å²) in [6, 6.07) is 42.6. The molecule has 5 rings (SSSR count). The van der Waals surface area contributed by atoms with E-state index in [0.29, 0.717) is 12.8 Å². The van der Waals surface area contributed by atoms with E-state index in [0.717, 1.165) is 36.8 Å². The van der Waals surface area contributed by atoms with Gasteiger partial charge in [-0.3, -0.25) is 19.2 Å². The van der Waals surface area contributed by atoms with Crippen LogP contribution in [0.25, 0.3) is 0 Å². The van der Waals surface area contributed by atoms with Gasteiger partial charge in [-0.1, -0.05) is 136 Å². The summed E-state index contributed by atoms with van der Waals surface area (Å²) in [5, 5.41) is 0. The van der Waals surface area contributed by atoms with Crippen molar-refractivity contribution in [3.05, 3.63) is 177 Å². The molecule has 0 radical (unpaired) electrons. The molecule has 5 aromatic rings. The third kappa shape index (κ3) is 15.2. The van der Waals surface area contributed by atoms with Crippen molar-refractivity contribution in [3.63, 3.8) is 0 Å². The Morgan fingerprint density at radius 1 is 0.375 bits per heavy atom. The summed E-state index contributed by atoms with van der Waals surface area (Å²) in [5.74, 6) is -0.746. The molecule has 0 atom stereocenters. The molecule has 0 unspecified atom stereocenters. The van der Waals surface area contributed by atoms with Gasteiger partial charge in [-0.05, 0) is 81.3 Å².